The molecule has 2 aromatic carbocycles. The zero-order chi connectivity index (χ0) is 22.3. The summed E-state index contributed by atoms with van der Waals surface area (Å²) in [5.74, 6) is 0.336. The molecule has 0 radical (unpaired) electrons. The first kappa shape index (κ1) is 23.0. The maximum atomic E-state index is 13.8. The number of thiazole rings is 1. The standard InChI is InChI=1S/C22H17Cl2NO2S4/c1-25-20-19(30-22(25)28)16(14-9-6-12(23)10-15(14)24)17(21(29-3)31-20)18(26)11-4-7-13(27-2)8-5-11/h4-10,16H,1-3H3. The minimum atomic E-state index is -0.328. The number of allylic oxidation sites excluding steroid dienone is 1. The Balaban J connectivity index is 1.95. The highest BCUT2D eigenvalue weighted by Gasteiger charge is 2.38. The summed E-state index contributed by atoms with van der Waals surface area (Å²) in [6, 6.07) is 12.6. The maximum absolute atomic E-state index is 13.8. The van der Waals surface area contributed by atoms with Gasteiger partial charge in [-0.25, -0.2) is 0 Å². The van der Waals surface area contributed by atoms with E-state index in [1.165, 1.54) is 11.3 Å². The molecule has 160 valence electrons. The molecule has 31 heavy (non-hydrogen) atoms. The summed E-state index contributed by atoms with van der Waals surface area (Å²) in [7, 11) is 3.56. The first-order valence-corrected chi connectivity index (χ1v) is 13.2. The molecule has 0 fully saturated rings. The highest BCUT2D eigenvalue weighted by molar-refractivity contribution is 8.22. The Labute approximate surface area is 208 Å². The SMILES string of the molecule is COc1ccc(C(=O)C2=C(SC)Sc3c(sc(=S)n3C)C2c2ccc(Cl)cc2Cl)cc1. The summed E-state index contributed by atoms with van der Waals surface area (Å²) in [5, 5.41) is 2.12. The van der Waals surface area contributed by atoms with Crippen molar-refractivity contribution in [1.82, 2.24) is 4.57 Å². The van der Waals surface area contributed by atoms with Crippen LogP contribution >= 0.6 is 70.3 Å². The lowest BCUT2D eigenvalue weighted by Gasteiger charge is -2.28. The Morgan fingerprint density at radius 3 is 2.52 bits per heavy atom. The number of hydrogen-bond donors (Lipinski definition) is 0. The number of ether oxygens (including phenoxy) is 1. The highest BCUT2D eigenvalue weighted by atomic mass is 35.5. The van der Waals surface area contributed by atoms with Crippen LogP contribution in [0.3, 0.4) is 0 Å². The molecule has 1 aromatic heterocycles. The average Bonchev–Trinajstić information content (AvgIpc) is 3.06. The molecule has 0 saturated heterocycles. The third kappa shape index (κ3) is 4.24. The molecule has 0 bridgehead atoms. The molecular weight excluding hydrogens is 509 g/mol. The van der Waals surface area contributed by atoms with E-state index in [2.05, 4.69) is 0 Å². The second-order valence-corrected chi connectivity index (χ2v) is 11.4. The Hall–Kier alpha value is -1.22. The molecular formula is C22H17Cl2NO2S4. The van der Waals surface area contributed by atoms with Gasteiger partial charge in [0.1, 0.15) is 5.75 Å². The van der Waals surface area contributed by atoms with Gasteiger partial charge in [0.05, 0.1) is 27.2 Å². The molecule has 1 unspecified atom stereocenters. The van der Waals surface area contributed by atoms with E-state index in [4.69, 9.17) is 40.2 Å². The summed E-state index contributed by atoms with van der Waals surface area (Å²) in [4.78, 5) is 14.8. The number of thioether (sulfide) groups is 2. The number of fused-ring (bicyclic) bond motifs is 1. The van der Waals surface area contributed by atoms with Crippen molar-refractivity contribution in [2.75, 3.05) is 13.4 Å². The highest BCUT2D eigenvalue weighted by Crippen LogP contribution is 2.54. The number of nitrogens with zero attached hydrogens (tertiary/aromatic N) is 1. The van der Waals surface area contributed by atoms with Gasteiger partial charge in [0.2, 0.25) is 0 Å². The Morgan fingerprint density at radius 1 is 1.19 bits per heavy atom. The monoisotopic (exact) mass is 525 g/mol. The van der Waals surface area contributed by atoms with Crippen LogP contribution in [0.1, 0.15) is 26.7 Å². The van der Waals surface area contributed by atoms with E-state index < -0.39 is 0 Å². The topological polar surface area (TPSA) is 31.2 Å². The van der Waals surface area contributed by atoms with Crippen LogP contribution in [0.4, 0.5) is 0 Å². The third-order valence-corrected chi connectivity index (χ3v) is 9.75. The van der Waals surface area contributed by atoms with Gasteiger partial charge in [-0.3, -0.25) is 4.79 Å². The van der Waals surface area contributed by atoms with Gasteiger partial charge in [-0.2, -0.15) is 0 Å². The van der Waals surface area contributed by atoms with Gasteiger partial charge in [-0.15, -0.1) is 23.1 Å². The van der Waals surface area contributed by atoms with Gasteiger partial charge in [-0.05, 0) is 60.4 Å². The molecule has 1 atom stereocenters. The largest absolute Gasteiger partial charge is 0.497 e. The van der Waals surface area contributed by atoms with Crippen molar-refractivity contribution in [3.8, 4) is 5.75 Å². The van der Waals surface area contributed by atoms with Crippen LogP contribution < -0.4 is 4.74 Å². The predicted molar refractivity (Wildman–Crippen MR) is 136 cm³/mol. The van der Waals surface area contributed by atoms with E-state index in [0.717, 1.165) is 23.7 Å². The van der Waals surface area contributed by atoms with E-state index in [-0.39, 0.29) is 11.7 Å². The second-order valence-electron chi connectivity index (χ2n) is 6.76. The molecule has 0 saturated carbocycles. The van der Waals surface area contributed by atoms with Crippen LogP contribution in [-0.4, -0.2) is 23.7 Å². The first-order valence-electron chi connectivity index (χ1n) is 9.15. The molecule has 9 heteroatoms. The van der Waals surface area contributed by atoms with Crippen LogP contribution in [0, 0.1) is 3.95 Å². The average molecular weight is 527 g/mol. The fourth-order valence-electron chi connectivity index (χ4n) is 3.45. The van der Waals surface area contributed by atoms with E-state index in [0.29, 0.717) is 26.9 Å². The maximum Gasteiger partial charge on any atom is 0.191 e. The van der Waals surface area contributed by atoms with E-state index in [1.807, 2.05) is 23.9 Å². The van der Waals surface area contributed by atoms with Gasteiger partial charge in [0.15, 0.2) is 9.74 Å². The number of carbonyl (C=O) groups excluding carboxylic acids is 1. The minimum absolute atomic E-state index is 0.0388. The lowest BCUT2D eigenvalue weighted by molar-refractivity contribution is 0.102. The van der Waals surface area contributed by atoms with Crippen molar-refractivity contribution in [3.63, 3.8) is 0 Å². The molecule has 3 nitrogen and oxygen atoms in total. The Bertz CT molecular complexity index is 1260. The molecule has 0 amide bonds. The lowest BCUT2D eigenvalue weighted by atomic mass is 9.86. The smallest absolute Gasteiger partial charge is 0.191 e. The van der Waals surface area contributed by atoms with Gasteiger partial charge in [0, 0.05) is 28.2 Å². The molecule has 1 aliphatic heterocycles. The van der Waals surface area contributed by atoms with Crippen LogP contribution in [0.15, 0.2) is 57.3 Å². The fraction of sp³-hybridized carbons (Fsp3) is 0.182. The van der Waals surface area contributed by atoms with Crippen molar-refractivity contribution >= 4 is 76.1 Å². The fourth-order valence-corrected chi connectivity index (χ4v) is 7.64. The van der Waals surface area contributed by atoms with Gasteiger partial charge < -0.3 is 9.30 Å². The zero-order valence-electron chi connectivity index (χ0n) is 16.8. The number of Topliss-reactive ketones (excluding diaryl/α,β-unsaturated/α-hetero) is 1. The number of rotatable bonds is 5. The van der Waals surface area contributed by atoms with Crippen LogP contribution in [0.5, 0.6) is 5.75 Å². The normalized spacial score (nSPS) is 15.7. The third-order valence-electron chi connectivity index (χ3n) is 5.00. The number of halogens is 2. The summed E-state index contributed by atoms with van der Waals surface area (Å²) < 4.78 is 8.94. The molecule has 0 spiro atoms. The van der Waals surface area contributed by atoms with Crippen LogP contribution in [-0.2, 0) is 7.05 Å². The van der Waals surface area contributed by atoms with Gasteiger partial charge >= 0.3 is 0 Å². The number of aromatic nitrogens is 1. The molecule has 0 N–H and O–H groups in total. The summed E-state index contributed by atoms with van der Waals surface area (Å²) in [6.07, 6.45) is 1.98. The van der Waals surface area contributed by atoms with Crippen molar-refractivity contribution in [1.29, 1.82) is 0 Å². The molecule has 0 aliphatic carbocycles. The van der Waals surface area contributed by atoms with Gasteiger partial charge in [0.25, 0.3) is 0 Å². The number of ketones is 1. The second kappa shape index (κ2) is 9.33. The molecule has 2 heterocycles. The van der Waals surface area contributed by atoms with Gasteiger partial charge in [-0.1, -0.05) is 41.0 Å². The van der Waals surface area contributed by atoms with Crippen molar-refractivity contribution in [2.24, 2.45) is 7.05 Å². The lowest BCUT2D eigenvalue weighted by Crippen LogP contribution is -2.18. The Morgan fingerprint density at radius 2 is 1.90 bits per heavy atom. The van der Waals surface area contributed by atoms with Crippen LogP contribution in [0.25, 0.3) is 0 Å². The molecule has 1 aliphatic rings. The summed E-state index contributed by atoms with van der Waals surface area (Å²) in [5.41, 5.74) is 2.14. The van der Waals surface area contributed by atoms with E-state index in [9.17, 15) is 4.79 Å². The van der Waals surface area contributed by atoms with Crippen molar-refractivity contribution in [2.45, 2.75) is 10.9 Å². The number of methoxy groups -OCH3 is 1. The zero-order valence-corrected chi connectivity index (χ0v) is 21.5. The molecule has 3 aromatic rings. The summed E-state index contributed by atoms with van der Waals surface area (Å²) >= 11 is 23.0. The van der Waals surface area contributed by atoms with E-state index >= 15 is 0 Å². The number of carbonyl (C=O) groups is 1. The molecule has 4 rings (SSSR count). The van der Waals surface area contributed by atoms with E-state index in [1.54, 1.807) is 67.0 Å². The number of benzene rings is 2. The Kier molecular flexibility index (Phi) is 6.91. The first-order chi connectivity index (χ1) is 14.8. The van der Waals surface area contributed by atoms with Crippen molar-refractivity contribution < 1.29 is 9.53 Å². The summed E-state index contributed by atoms with van der Waals surface area (Å²) in [6.45, 7) is 0. The quantitative estimate of drug-likeness (QED) is 0.250. The van der Waals surface area contributed by atoms with Crippen molar-refractivity contribution in [3.05, 3.63) is 82.3 Å². The predicted octanol–water partition coefficient (Wildman–Crippen LogP) is 7.83. The number of hydrogen-bond acceptors (Lipinski definition) is 6. The van der Waals surface area contributed by atoms with Crippen LogP contribution in [0.2, 0.25) is 10.0 Å². The minimum Gasteiger partial charge on any atom is -0.497 e.